The van der Waals surface area contributed by atoms with Gasteiger partial charge in [-0.2, -0.15) is 0 Å². The maximum atomic E-state index is 11.1. The third-order valence-corrected chi connectivity index (χ3v) is 2.79. The molecule has 0 heterocycles. The molecule has 0 bridgehead atoms. The number of ether oxygens (including phenoxy) is 2. The number of allylic oxidation sites excluding steroid dienone is 1. The monoisotopic (exact) mass is 307 g/mol. The van der Waals surface area contributed by atoms with E-state index >= 15 is 0 Å². The van der Waals surface area contributed by atoms with Crippen LogP contribution in [0.3, 0.4) is 0 Å². The molecule has 5 heteroatoms. The van der Waals surface area contributed by atoms with Crippen LogP contribution in [0, 0.1) is 5.92 Å². The third-order valence-electron chi connectivity index (χ3n) is 2.79. The van der Waals surface area contributed by atoms with Gasteiger partial charge in [-0.15, -0.1) is 6.58 Å². The number of primary amides is 1. The largest absolute Gasteiger partial charge is 0.466 e. The van der Waals surface area contributed by atoms with Gasteiger partial charge in [0.2, 0.25) is 0 Å². The van der Waals surface area contributed by atoms with E-state index in [1.54, 1.807) is 6.08 Å². The highest BCUT2D eigenvalue weighted by molar-refractivity contribution is 5.72. The van der Waals surface area contributed by atoms with Gasteiger partial charge in [0.1, 0.15) is 6.61 Å². The van der Waals surface area contributed by atoms with E-state index in [-0.39, 0.29) is 18.5 Å². The predicted octanol–water partition coefficient (Wildman–Crippen LogP) is 3.43. The summed E-state index contributed by atoms with van der Waals surface area (Å²) in [7, 11) is 0. The van der Waals surface area contributed by atoms with Gasteiger partial charge >= 0.3 is 12.1 Å². The zero-order valence-corrected chi connectivity index (χ0v) is 13.3. The standard InChI is InChI=1S/C9H16O2.C8H9NO2/c1-4-7-8(5-2)9(10)11-6-3;9-8(10)11-6-7-4-2-1-3-5-7/h4,8H,1,5-7H2,2-3H3;1-5H,6H2,(H2,9,10). The van der Waals surface area contributed by atoms with E-state index in [0.29, 0.717) is 6.61 Å². The molecule has 1 rings (SSSR count). The van der Waals surface area contributed by atoms with Crippen molar-refractivity contribution < 1.29 is 19.1 Å². The number of hydrogen-bond acceptors (Lipinski definition) is 4. The van der Waals surface area contributed by atoms with Gasteiger partial charge in [-0.25, -0.2) is 4.79 Å². The first-order valence-electron chi connectivity index (χ1n) is 7.28. The van der Waals surface area contributed by atoms with Gasteiger partial charge in [-0.05, 0) is 25.3 Å². The summed E-state index contributed by atoms with van der Waals surface area (Å²) in [6.07, 6.45) is 2.56. The number of nitrogens with two attached hydrogens (primary N) is 1. The van der Waals surface area contributed by atoms with Gasteiger partial charge < -0.3 is 15.2 Å². The molecule has 1 unspecified atom stereocenters. The molecule has 22 heavy (non-hydrogen) atoms. The molecule has 0 aliphatic carbocycles. The van der Waals surface area contributed by atoms with Crippen molar-refractivity contribution in [2.24, 2.45) is 11.7 Å². The average Bonchev–Trinajstić information content (AvgIpc) is 2.52. The highest BCUT2D eigenvalue weighted by Gasteiger charge is 2.14. The summed E-state index contributed by atoms with van der Waals surface area (Å²) < 4.78 is 9.43. The Balaban J connectivity index is 0.000000401. The second-order valence-corrected chi connectivity index (χ2v) is 4.47. The Kier molecular flexibility index (Phi) is 11.1. The highest BCUT2D eigenvalue weighted by atomic mass is 16.5. The molecule has 1 aromatic rings. The van der Waals surface area contributed by atoms with Crippen molar-refractivity contribution in [1.29, 1.82) is 0 Å². The molecule has 1 amide bonds. The SMILES string of the molecule is C=CCC(CC)C(=O)OCC.NC(=O)OCc1ccccc1. The summed E-state index contributed by atoms with van der Waals surface area (Å²) >= 11 is 0. The van der Waals surface area contributed by atoms with Gasteiger partial charge in [-0.1, -0.05) is 43.3 Å². The Labute approximate surface area is 132 Å². The first-order chi connectivity index (χ1) is 10.5. The molecule has 0 aliphatic rings. The van der Waals surface area contributed by atoms with Crippen molar-refractivity contribution in [1.82, 2.24) is 0 Å². The first kappa shape index (κ1) is 19.7. The lowest BCUT2D eigenvalue weighted by molar-refractivity contribution is -0.148. The molecule has 0 fully saturated rings. The quantitative estimate of drug-likeness (QED) is 0.618. The number of amides is 1. The molecule has 0 aromatic heterocycles. The van der Waals surface area contributed by atoms with Gasteiger partial charge in [0.25, 0.3) is 0 Å². The van der Waals surface area contributed by atoms with Crippen LogP contribution in [0.15, 0.2) is 43.0 Å². The number of benzene rings is 1. The molecule has 1 atom stereocenters. The van der Waals surface area contributed by atoms with Gasteiger partial charge in [0, 0.05) is 0 Å². The van der Waals surface area contributed by atoms with E-state index in [2.05, 4.69) is 11.3 Å². The molecule has 122 valence electrons. The van der Waals surface area contributed by atoms with Crippen LogP contribution >= 0.6 is 0 Å². The van der Waals surface area contributed by atoms with Crippen LogP contribution < -0.4 is 5.73 Å². The summed E-state index contributed by atoms with van der Waals surface area (Å²) in [4.78, 5) is 21.3. The molecule has 2 N–H and O–H groups in total. The molecule has 1 aromatic carbocycles. The molecule has 5 nitrogen and oxygen atoms in total. The van der Waals surface area contributed by atoms with E-state index in [4.69, 9.17) is 10.5 Å². The van der Waals surface area contributed by atoms with E-state index in [9.17, 15) is 9.59 Å². The van der Waals surface area contributed by atoms with Crippen LogP contribution in [-0.4, -0.2) is 18.7 Å². The van der Waals surface area contributed by atoms with Crippen molar-refractivity contribution in [2.75, 3.05) is 6.61 Å². The Bertz CT molecular complexity index is 445. The Hall–Kier alpha value is -2.30. The van der Waals surface area contributed by atoms with Crippen LogP contribution in [0.2, 0.25) is 0 Å². The summed E-state index contributed by atoms with van der Waals surface area (Å²) in [5, 5.41) is 0. The highest BCUT2D eigenvalue weighted by Crippen LogP contribution is 2.10. The number of rotatable bonds is 7. The minimum Gasteiger partial charge on any atom is -0.466 e. The summed E-state index contributed by atoms with van der Waals surface area (Å²) in [6, 6.07) is 9.37. The van der Waals surface area contributed by atoms with E-state index in [0.717, 1.165) is 18.4 Å². The van der Waals surface area contributed by atoms with Crippen molar-refractivity contribution in [3.8, 4) is 0 Å². The fourth-order valence-corrected chi connectivity index (χ4v) is 1.62. The number of esters is 1. The Morgan fingerprint density at radius 3 is 2.32 bits per heavy atom. The summed E-state index contributed by atoms with van der Waals surface area (Å²) in [6.45, 7) is 8.09. The fraction of sp³-hybridized carbons (Fsp3) is 0.412. The van der Waals surface area contributed by atoms with Crippen LogP contribution in [0.5, 0.6) is 0 Å². The summed E-state index contributed by atoms with van der Waals surface area (Å²) in [5.41, 5.74) is 5.72. The molecule has 0 aliphatic heterocycles. The van der Waals surface area contributed by atoms with Crippen molar-refractivity contribution in [3.63, 3.8) is 0 Å². The zero-order chi connectivity index (χ0) is 16.8. The van der Waals surface area contributed by atoms with E-state index in [1.165, 1.54) is 0 Å². The number of carbonyl (C=O) groups is 2. The van der Waals surface area contributed by atoms with Gasteiger partial charge in [0.15, 0.2) is 0 Å². The van der Waals surface area contributed by atoms with Crippen molar-refractivity contribution >= 4 is 12.1 Å². The number of hydrogen-bond donors (Lipinski definition) is 1. The van der Waals surface area contributed by atoms with Gasteiger partial charge in [-0.3, -0.25) is 4.79 Å². The average molecular weight is 307 g/mol. The number of carbonyl (C=O) groups excluding carboxylic acids is 2. The minimum absolute atomic E-state index is 0.00690. The first-order valence-corrected chi connectivity index (χ1v) is 7.28. The second-order valence-electron chi connectivity index (χ2n) is 4.47. The maximum absolute atomic E-state index is 11.1. The lowest BCUT2D eigenvalue weighted by Crippen LogP contribution is -2.16. The van der Waals surface area contributed by atoms with E-state index in [1.807, 2.05) is 44.2 Å². The fourth-order valence-electron chi connectivity index (χ4n) is 1.62. The third kappa shape index (κ3) is 9.58. The minimum atomic E-state index is -0.742. The normalized spacial score (nSPS) is 10.6. The van der Waals surface area contributed by atoms with Crippen LogP contribution in [0.25, 0.3) is 0 Å². The van der Waals surface area contributed by atoms with E-state index < -0.39 is 6.09 Å². The molecule has 0 radical (unpaired) electrons. The van der Waals surface area contributed by atoms with Crippen LogP contribution in [0.4, 0.5) is 4.79 Å². The lowest BCUT2D eigenvalue weighted by Gasteiger charge is -2.10. The molecular formula is C17H25NO4. The van der Waals surface area contributed by atoms with Crippen molar-refractivity contribution in [2.45, 2.75) is 33.3 Å². The maximum Gasteiger partial charge on any atom is 0.404 e. The molecule has 0 saturated carbocycles. The van der Waals surface area contributed by atoms with Gasteiger partial charge in [0.05, 0.1) is 12.5 Å². The smallest absolute Gasteiger partial charge is 0.404 e. The zero-order valence-electron chi connectivity index (χ0n) is 13.3. The molecular weight excluding hydrogens is 282 g/mol. The summed E-state index contributed by atoms with van der Waals surface area (Å²) in [5.74, 6) is -0.0950. The van der Waals surface area contributed by atoms with Crippen LogP contribution in [-0.2, 0) is 20.9 Å². The Morgan fingerprint density at radius 1 is 1.23 bits per heavy atom. The molecule has 0 spiro atoms. The van der Waals surface area contributed by atoms with Crippen molar-refractivity contribution in [3.05, 3.63) is 48.6 Å². The second kappa shape index (κ2) is 12.4. The van der Waals surface area contributed by atoms with Crippen LogP contribution in [0.1, 0.15) is 32.3 Å². The predicted molar refractivity (Wildman–Crippen MR) is 86.0 cm³/mol. The Morgan fingerprint density at radius 2 is 1.86 bits per heavy atom. The molecule has 0 saturated heterocycles. The lowest BCUT2D eigenvalue weighted by atomic mass is 10.0. The topological polar surface area (TPSA) is 78.6 Å².